The highest BCUT2D eigenvalue weighted by molar-refractivity contribution is 5.94. The van der Waals surface area contributed by atoms with Crippen LogP contribution < -0.4 is 0 Å². The lowest BCUT2D eigenvalue weighted by Gasteiger charge is -2.32. The van der Waals surface area contributed by atoms with Gasteiger partial charge in [-0.25, -0.2) is 4.39 Å². The van der Waals surface area contributed by atoms with E-state index in [2.05, 4.69) is 10.1 Å². The Bertz CT molecular complexity index is 788. The first-order valence-corrected chi connectivity index (χ1v) is 9.64. The second-order valence-corrected chi connectivity index (χ2v) is 7.38. The Morgan fingerprint density at radius 2 is 2.04 bits per heavy atom. The van der Waals surface area contributed by atoms with Crippen LogP contribution in [-0.4, -0.2) is 47.3 Å². The molecule has 0 N–H and O–H groups in total. The lowest BCUT2D eigenvalue weighted by Crippen LogP contribution is -2.40. The topological polar surface area (TPSA) is 68.5 Å². The molecule has 2 aliphatic rings. The van der Waals surface area contributed by atoms with Gasteiger partial charge in [-0.2, -0.15) is 4.98 Å². The van der Waals surface area contributed by atoms with Crippen LogP contribution in [0.4, 0.5) is 4.39 Å². The molecule has 3 heterocycles. The van der Waals surface area contributed by atoms with E-state index in [4.69, 9.17) is 9.26 Å². The van der Waals surface area contributed by atoms with Crippen molar-refractivity contribution in [2.75, 3.05) is 26.3 Å². The molecule has 1 amide bonds. The van der Waals surface area contributed by atoms with Gasteiger partial charge in [0.05, 0.1) is 5.56 Å². The summed E-state index contributed by atoms with van der Waals surface area (Å²) in [6, 6.07) is 6.15. The van der Waals surface area contributed by atoms with Gasteiger partial charge in [0, 0.05) is 38.6 Å². The van der Waals surface area contributed by atoms with Crippen LogP contribution in [0.25, 0.3) is 0 Å². The molecule has 144 valence electrons. The summed E-state index contributed by atoms with van der Waals surface area (Å²) in [6.07, 6.45) is 4.39. The fourth-order valence-electron chi connectivity index (χ4n) is 3.94. The second kappa shape index (κ2) is 8.17. The SMILES string of the molecule is O=C(c1ccccc1F)N1CCCC(Cc2nc(C3CCOCC3)no2)C1. The average Bonchev–Trinajstić information content (AvgIpc) is 3.17. The number of halogens is 1. The number of nitrogens with zero attached hydrogens (tertiary/aromatic N) is 3. The molecule has 0 spiro atoms. The third-order valence-electron chi connectivity index (χ3n) is 5.44. The van der Waals surface area contributed by atoms with Crippen LogP contribution in [0.1, 0.15) is 53.7 Å². The van der Waals surface area contributed by atoms with E-state index in [1.807, 2.05) is 0 Å². The van der Waals surface area contributed by atoms with Gasteiger partial charge in [0.25, 0.3) is 5.91 Å². The van der Waals surface area contributed by atoms with Crippen molar-refractivity contribution in [3.63, 3.8) is 0 Å². The minimum atomic E-state index is -0.470. The molecule has 6 nitrogen and oxygen atoms in total. The lowest BCUT2D eigenvalue weighted by atomic mass is 9.94. The minimum absolute atomic E-state index is 0.137. The molecule has 1 aromatic carbocycles. The number of rotatable bonds is 4. The van der Waals surface area contributed by atoms with E-state index >= 15 is 0 Å². The molecule has 2 aromatic rings. The number of carbonyl (C=O) groups is 1. The normalized spacial score (nSPS) is 21.4. The van der Waals surface area contributed by atoms with Crippen molar-refractivity contribution in [2.45, 2.75) is 38.0 Å². The van der Waals surface area contributed by atoms with Gasteiger partial charge in [0.15, 0.2) is 5.82 Å². The molecular weight excluding hydrogens is 349 g/mol. The van der Waals surface area contributed by atoms with Gasteiger partial charge < -0.3 is 14.2 Å². The molecule has 0 saturated carbocycles. The van der Waals surface area contributed by atoms with Gasteiger partial charge in [-0.3, -0.25) is 4.79 Å². The van der Waals surface area contributed by atoms with Crippen molar-refractivity contribution in [3.8, 4) is 0 Å². The van der Waals surface area contributed by atoms with Crippen molar-refractivity contribution in [2.24, 2.45) is 5.92 Å². The van der Waals surface area contributed by atoms with E-state index in [1.165, 1.54) is 6.07 Å². The van der Waals surface area contributed by atoms with Gasteiger partial charge in [-0.1, -0.05) is 17.3 Å². The predicted molar refractivity (Wildman–Crippen MR) is 95.8 cm³/mol. The van der Waals surface area contributed by atoms with Crippen LogP contribution in [0.5, 0.6) is 0 Å². The van der Waals surface area contributed by atoms with Crippen LogP contribution >= 0.6 is 0 Å². The number of carbonyl (C=O) groups excluding carboxylic acids is 1. The van der Waals surface area contributed by atoms with E-state index in [1.54, 1.807) is 23.1 Å². The molecule has 0 bridgehead atoms. The number of hydrogen-bond donors (Lipinski definition) is 0. The van der Waals surface area contributed by atoms with Gasteiger partial charge in [-0.15, -0.1) is 0 Å². The van der Waals surface area contributed by atoms with Crippen molar-refractivity contribution in [1.82, 2.24) is 15.0 Å². The van der Waals surface area contributed by atoms with E-state index in [0.717, 1.165) is 44.7 Å². The van der Waals surface area contributed by atoms with Gasteiger partial charge in [0.1, 0.15) is 5.82 Å². The molecule has 1 aromatic heterocycles. The van der Waals surface area contributed by atoms with E-state index in [0.29, 0.717) is 31.3 Å². The number of ether oxygens (including phenoxy) is 1. The van der Waals surface area contributed by atoms with Gasteiger partial charge in [-0.05, 0) is 43.7 Å². The third-order valence-corrected chi connectivity index (χ3v) is 5.44. The molecular formula is C20H24FN3O3. The summed E-state index contributed by atoms with van der Waals surface area (Å²) < 4.78 is 24.8. The Balaban J connectivity index is 1.38. The Kier molecular flexibility index (Phi) is 5.48. The summed E-state index contributed by atoms with van der Waals surface area (Å²) in [7, 11) is 0. The van der Waals surface area contributed by atoms with Crippen LogP contribution in [0.3, 0.4) is 0 Å². The fraction of sp³-hybridized carbons (Fsp3) is 0.550. The lowest BCUT2D eigenvalue weighted by molar-refractivity contribution is 0.0663. The summed E-state index contributed by atoms with van der Waals surface area (Å²) >= 11 is 0. The molecule has 27 heavy (non-hydrogen) atoms. The molecule has 0 radical (unpaired) electrons. The zero-order valence-corrected chi connectivity index (χ0v) is 15.3. The van der Waals surface area contributed by atoms with Crippen LogP contribution in [0, 0.1) is 11.7 Å². The van der Waals surface area contributed by atoms with Gasteiger partial charge >= 0.3 is 0 Å². The Labute approximate surface area is 157 Å². The molecule has 2 saturated heterocycles. The first-order valence-electron chi connectivity index (χ1n) is 9.64. The van der Waals surface area contributed by atoms with E-state index < -0.39 is 5.82 Å². The molecule has 7 heteroatoms. The first-order chi connectivity index (χ1) is 13.2. The maximum Gasteiger partial charge on any atom is 0.256 e. The standard InChI is InChI=1S/C20H24FN3O3/c21-17-6-2-1-5-16(17)20(25)24-9-3-4-14(13-24)12-18-22-19(23-27-18)15-7-10-26-11-8-15/h1-2,5-6,14-15H,3-4,7-13H2. The summed E-state index contributed by atoms with van der Waals surface area (Å²) in [6.45, 7) is 2.72. The molecule has 1 unspecified atom stereocenters. The Morgan fingerprint density at radius 3 is 2.85 bits per heavy atom. The summed E-state index contributed by atoms with van der Waals surface area (Å²) in [5.74, 6) is 1.23. The summed E-state index contributed by atoms with van der Waals surface area (Å²) in [4.78, 5) is 19.0. The van der Waals surface area contributed by atoms with Crippen molar-refractivity contribution < 1.29 is 18.4 Å². The smallest absolute Gasteiger partial charge is 0.256 e. The number of hydrogen-bond acceptors (Lipinski definition) is 5. The summed E-state index contributed by atoms with van der Waals surface area (Å²) in [5, 5.41) is 4.15. The molecule has 2 aliphatic heterocycles. The van der Waals surface area contributed by atoms with Crippen LogP contribution in [0.15, 0.2) is 28.8 Å². The average molecular weight is 373 g/mol. The zero-order chi connectivity index (χ0) is 18.6. The van der Waals surface area contributed by atoms with Crippen molar-refractivity contribution in [1.29, 1.82) is 0 Å². The Morgan fingerprint density at radius 1 is 1.22 bits per heavy atom. The molecule has 0 aliphatic carbocycles. The van der Waals surface area contributed by atoms with Crippen molar-refractivity contribution >= 4 is 5.91 Å². The third kappa shape index (κ3) is 4.18. The second-order valence-electron chi connectivity index (χ2n) is 7.38. The molecule has 4 rings (SSSR count). The number of piperidine rings is 1. The highest BCUT2D eigenvalue weighted by atomic mass is 19.1. The monoisotopic (exact) mass is 373 g/mol. The molecule has 2 fully saturated rings. The zero-order valence-electron chi connectivity index (χ0n) is 15.3. The predicted octanol–water partition coefficient (Wildman–Crippen LogP) is 3.20. The van der Waals surface area contributed by atoms with Gasteiger partial charge in [0.2, 0.25) is 5.89 Å². The van der Waals surface area contributed by atoms with Crippen molar-refractivity contribution in [3.05, 3.63) is 47.4 Å². The highest BCUT2D eigenvalue weighted by Crippen LogP contribution is 2.26. The largest absolute Gasteiger partial charge is 0.381 e. The first kappa shape index (κ1) is 18.1. The van der Waals surface area contributed by atoms with E-state index in [-0.39, 0.29) is 17.4 Å². The molecule has 1 atom stereocenters. The van der Waals surface area contributed by atoms with Crippen LogP contribution in [-0.2, 0) is 11.2 Å². The highest BCUT2D eigenvalue weighted by Gasteiger charge is 2.28. The minimum Gasteiger partial charge on any atom is -0.381 e. The number of amides is 1. The summed E-state index contributed by atoms with van der Waals surface area (Å²) in [5.41, 5.74) is 0.137. The number of aromatic nitrogens is 2. The maximum absolute atomic E-state index is 13.9. The maximum atomic E-state index is 13.9. The number of likely N-dealkylation sites (tertiary alicyclic amines) is 1. The van der Waals surface area contributed by atoms with E-state index in [9.17, 15) is 9.18 Å². The quantitative estimate of drug-likeness (QED) is 0.823. The van der Waals surface area contributed by atoms with Crippen LogP contribution in [0.2, 0.25) is 0 Å². The number of benzene rings is 1. The Hall–Kier alpha value is -2.28. The fourth-order valence-corrected chi connectivity index (χ4v) is 3.94.